The van der Waals surface area contributed by atoms with Crippen LogP contribution in [0.5, 0.6) is 0 Å². The maximum absolute atomic E-state index is 9.54. The minimum Gasteiger partial charge on any atom is -0.370 e. The van der Waals surface area contributed by atoms with Crippen molar-refractivity contribution in [3.63, 3.8) is 0 Å². The molecule has 0 atom stereocenters. The maximum atomic E-state index is 9.54. The van der Waals surface area contributed by atoms with E-state index in [1.807, 2.05) is 0 Å². The average Bonchev–Trinajstić information content (AvgIpc) is 1.58. The van der Waals surface area contributed by atoms with Gasteiger partial charge < -0.3 is 26.4 Å². The largest absolute Gasteiger partial charge is 0.471 e. The molecule has 0 aromatic rings. The van der Waals surface area contributed by atoms with Crippen LogP contribution in [0.1, 0.15) is 0 Å². The lowest BCUT2D eigenvalue weighted by molar-refractivity contribution is 0.0659. The number of rotatable bonds is 2. The fraction of sp³-hybridized carbons (Fsp3) is 0.500. The molecule has 0 heterocycles. The second-order valence-corrected chi connectivity index (χ2v) is 2.44. The van der Waals surface area contributed by atoms with E-state index in [1.54, 1.807) is 0 Å². The van der Waals surface area contributed by atoms with Crippen LogP contribution in [0, 0.1) is 5.41 Å². The van der Waals surface area contributed by atoms with E-state index >= 15 is 0 Å². The Hall–Kier alpha value is -0.660. The number of aliphatic hydroxyl groups is 1. The summed E-state index contributed by atoms with van der Waals surface area (Å²) in [5.74, 6) is -0.333. The summed E-state index contributed by atoms with van der Waals surface area (Å²) < 4.78 is 13.0. The van der Waals surface area contributed by atoms with Gasteiger partial charge in [-0.2, -0.15) is 0 Å². The standard InChI is InChI=1S/CH5N3.CH5O5P/c2-1(3)4;2-1-6-7(3,4)5/h(H5,2,3,4);2H,1H2,(H2,3,4,5). The first-order valence-electron chi connectivity index (χ1n) is 2.20. The van der Waals surface area contributed by atoms with Crippen molar-refractivity contribution in [2.24, 2.45) is 11.5 Å². The Kier molecular flexibility index (Phi) is 7.16. The molecule has 0 aliphatic carbocycles. The van der Waals surface area contributed by atoms with Gasteiger partial charge in [-0.25, -0.2) is 4.57 Å². The van der Waals surface area contributed by atoms with Gasteiger partial charge in [-0.3, -0.25) is 9.93 Å². The first-order valence-corrected chi connectivity index (χ1v) is 3.73. The van der Waals surface area contributed by atoms with Crippen LogP contribution in [0.15, 0.2) is 0 Å². The van der Waals surface area contributed by atoms with Gasteiger partial charge in [0.25, 0.3) is 0 Å². The molecule has 0 rings (SSSR count). The van der Waals surface area contributed by atoms with Crippen molar-refractivity contribution in [3.05, 3.63) is 0 Å². The van der Waals surface area contributed by atoms with E-state index < -0.39 is 14.6 Å². The first kappa shape index (κ1) is 13.0. The van der Waals surface area contributed by atoms with Crippen LogP contribution in [-0.4, -0.2) is 27.6 Å². The third-order valence-corrected chi connectivity index (χ3v) is 0.678. The highest BCUT2D eigenvalue weighted by atomic mass is 31.2. The van der Waals surface area contributed by atoms with Crippen molar-refractivity contribution < 1.29 is 24.0 Å². The number of hydrogen-bond donors (Lipinski definition) is 6. The number of phosphoric ester groups is 1. The van der Waals surface area contributed by atoms with E-state index in [2.05, 4.69) is 16.0 Å². The van der Waals surface area contributed by atoms with Crippen LogP contribution in [-0.2, 0) is 9.09 Å². The van der Waals surface area contributed by atoms with Crippen molar-refractivity contribution >= 4 is 13.8 Å². The van der Waals surface area contributed by atoms with E-state index in [0.717, 1.165) is 0 Å². The molecule has 0 aromatic heterocycles. The molecule has 0 bridgehead atoms. The SMILES string of the molecule is N=C(N)N.O=P(O)(O)OCO. The molecule has 0 unspecified atom stereocenters. The molecule has 0 saturated heterocycles. The Bertz CT molecular complexity index is 150. The minimum atomic E-state index is -4.42. The predicted molar refractivity (Wildman–Crippen MR) is 36.3 cm³/mol. The molecule has 68 valence electrons. The topological polar surface area (TPSA) is 163 Å². The zero-order valence-electron chi connectivity index (χ0n) is 5.47. The number of guanidine groups is 1. The molecule has 0 fully saturated rings. The molecule has 0 aromatic carbocycles. The summed E-state index contributed by atoms with van der Waals surface area (Å²) in [6, 6.07) is 0. The van der Waals surface area contributed by atoms with Crippen LogP contribution in [0.3, 0.4) is 0 Å². The normalized spacial score (nSPS) is 9.73. The van der Waals surface area contributed by atoms with Crippen molar-refractivity contribution in [1.82, 2.24) is 0 Å². The molecule has 0 aliphatic rings. The van der Waals surface area contributed by atoms with Crippen molar-refractivity contribution in [1.29, 1.82) is 5.41 Å². The van der Waals surface area contributed by atoms with Gasteiger partial charge in [-0.15, -0.1) is 0 Å². The minimum absolute atomic E-state index is 0.333. The molecule has 8 nitrogen and oxygen atoms in total. The number of phosphoric acid groups is 1. The lowest BCUT2D eigenvalue weighted by atomic mass is 11.1. The van der Waals surface area contributed by atoms with Gasteiger partial charge in [0.1, 0.15) is 0 Å². The van der Waals surface area contributed by atoms with Crippen molar-refractivity contribution in [2.75, 3.05) is 6.79 Å². The van der Waals surface area contributed by atoms with Crippen LogP contribution < -0.4 is 11.5 Å². The summed E-state index contributed by atoms with van der Waals surface area (Å²) in [5, 5.41) is 13.7. The summed E-state index contributed by atoms with van der Waals surface area (Å²) in [6.45, 7) is -0.954. The second-order valence-electron chi connectivity index (χ2n) is 1.20. The molecular weight excluding hydrogens is 177 g/mol. The Balaban J connectivity index is 0. The van der Waals surface area contributed by atoms with Gasteiger partial charge in [-0.05, 0) is 0 Å². The molecule has 0 spiro atoms. The Morgan fingerprint density at radius 3 is 1.82 bits per heavy atom. The zero-order valence-corrected chi connectivity index (χ0v) is 6.36. The fourth-order valence-corrected chi connectivity index (χ4v) is 0.226. The molecule has 0 saturated carbocycles. The first-order chi connectivity index (χ1) is 4.79. The summed E-state index contributed by atoms with van der Waals surface area (Å²) in [7, 11) is -4.42. The molecular formula is C2H10N3O5P. The highest BCUT2D eigenvalue weighted by Gasteiger charge is 2.10. The van der Waals surface area contributed by atoms with Crippen molar-refractivity contribution in [2.45, 2.75) is 0 Å². The Morgan fingerprint density at radius 1 is 1.55 bits per heavy atom. The van der Waals surface area contributed by atoms with E-state index in [1.165, 1.54) is 0 Å². The highest BCUT2D eigenvalue weighted by Crippen LogP contribution is 2.34. The van der Waals surface area contributed by atoms with E-state index in [0.29, 0.717) is 0 Å². The molecule has 9 heteroatoms. The Morgan fingerprint density at radius 2 is 1.82 bits per heavy atom. The smallest absolute Gasteiger partial charge is 0.370 e. The summed E-state index contributed by atoms with van der Waals surface area (Å²) >= 11 is 0. The molecule has 11 heavy (non-hydrogen) atoms. The monoisotopic (exact) mass is 187 g/mol. The maximum Gasteiger partial charge on any atom is 0.471 e. The number of nitrogens with one attached hydrogen (secondary N) is 1. The second kappa shape index (κ2) is 6.08. The lowest BCUT2D eigenvalue weighted by Gasteiger charge is -1.97. The Labute approximate surface area is 62.5 Å². The van der Waals surface area contributed by atoms with Gasteiger partial charge in [-0.1, -0.05) is 0 Å². The van der Waals surface area contributed by atoms with Crippen LogP contribution >= 0.6 is 7.82 Å². The van der Waals surface area contributed by atoms with Gasteiger partial charge in [0.2, 0.25) is 0 Å². The summed E-state index contributed by atoms with van der Waals surface area (Å²) in [5.41, 5.74) is 8.94. The molecule has 8 N–H and O–H groups in total. The van der Waals surface area contributed by atoms with E-state index in [4.69, 9.17) is 20.3 Å². The fourth-order valence-electron chi connectivity index (χ4n) is 0.0752. The predicted octanol–water partition coefficient (Wildman–Crippen LogP) is -2.12. The lowest BCUT2D eigenvalue weighted by Crippen LogP contribution is -2.20. The van der Waals surface area contributed by atoms with Gasteiger partial charge in [0.05, 0.1) is 0 Å². The summed E-state index contributed by atoms with van der Waals surface area (Å²) in [4.78, 5) is 15.5. The van der Waals surface area contributed by atoms with E-state index in [9.17, 15) is 4.57 Å². The number of nitrogens with two attached hydrogens (primary N) is 2. The van der Waals surface area contributed by atoms with Gasteiger partial charge in [0.15, 0.2) is 12.8 Å². The van der Waals surface area contributed by atoms with Crippen LogP contribution in [0.25, 0.3) is 0 Å². The van der Waals surface area contributed by atoms with Crippen molar-refractivity contribution in [3.8, 4) is 0 Å². The summed E-state index contributed by atoms with van der Waals surface area (Å²) in [6.07, 6.45) is 0. The third-order valence-electron chi connectivity index (χ3n) is 0.226. The molecule has 0 aliphatic heterocycles. The van der Waals surface area contributed by atoms with Gasteiger partial charge >= 0.3 is 7.82 Å². The molecule has 0 amide bonds. The van der Waals surface area contributed by atoms with Crippen LogP contribution in [0.4, 0.5) is 0 Å². The van der Waals surface area contributed by atoms with Crippen LogP contribution in [0.2, 0.25) is 0 Å². The average molecular weight is 187 g/mol. The highest BCUT2D eigenvalue weighted by molar-refractivity contribution is 7.46. The third kappa shape index (κ3) is 45.1. The van der Waals surface area contributed by atoms with Gasteiger partial charge in [0, 0.05) is 0 Å². The quantitative estimate of drug-likeness (QED) is 0.124. The number of hydrogen-bond acceptors (Lipinski definition) is 4. The number of aliphatic hydroxyl groups excluding tert-OH is 1. The zero-order chi connectivity index (χ0) is 9.49. The van der Waals surface area contributed by atoms with E-state index in [-0.39, 0.29) is 5.96 Å². The molecule has 0 radical (unpaired) electrons.